The first-order valence-electron chi connectivity index (χ1n) is 23.9. The molecule has 6 N–H and O–H groups in total. The molecule has 3 atom stereocenters. The number of aromatic nitrogens is 2. The van der Waals surface area contributed by atoms with Crippen LogP contribution in [0.1, 0.15) is 98.9 Å². The number of thioether (sulfide) groups is 1. The van der Waals surface area contributed by atoms with Gasteiger partial charge in [-0.2, -0.15) is 10.5 Å². The number of pyridine rings is 1. The van der Waals surface area contributed by atoms with E-state index in [2.05, 4.69) is 43.4 Å². The number of hydrogen-bond donors (Lipinski definition) is 5. The highest BCUT2D eigenvalue weighted by molar-refractivity contribution is 7.98. The van der Waals surface area contributed by atoms with Gasteiger partial charge >= 0.3 is 24.1 Å². The molecule has 402 valence electrons. The van der Waals surface area contributed by atoms with Crippen LogP contribution in [-0.4, -0.2) is 102 Å². The van der Waals surface area contributed by atoms with Gasteiger partial charge in [0.05, 0.1) is 11.3 Å². The second-order valence-corrected chi connectivity index (χ2v) is 21.0. The number of anilines is 1. The van der Waals surface area contributed by atoms with Crippen molar-refractivity contribution in [1.29, 1.82) is 10.5 Å². The van der Waals surface area contributed by atoms with Crippen molar-refractivity contribution < 1.29 is 56.9 Å². The van der Waals surface area contributed by atoms with E-state index in [4.69, 9.17) is 45.4 Å². The van der Waals surface area contributed by atoms with Gasteiger partial charge in [0.15, 0.2) is 6.10 Å². The number of nitriles is 2. The predicted octanol–water partition coefficient (Wildman–Crippen LogP) is 7.62. The first-order chi connectivity index (χ1) is 35.3. The van der Waals surface area contributed by atoms with Crippen molar-refractivity contribution >= 4 is 65.1 Å². The molecule has 0 saturated carbocycles. The summed E-state index contributed by atoms with van der Waals surface area (Å²) >= 11 is 7.20. The quantitative estimate of drug-likeness (QED) is 0.0271. The van der Waals surface area contributed by atoms with E-state index in [0.29, 0.717) is 22.2 Å². The molecule has 4 aromatic rings. The predicted molar refractivity (Wildman–Crippen MR) is 278 cm³/mol. The van der Waals surface area contributed by atoms with Crippen molar-refractivity contribution in [3.05, 3.63) is 76.6 Å². The smallest absolute Gasteiger partial charge is 0.407 e. The summed E-state index contributed by atoms with van der Waals surface area (Å²) < 4.78 is 33.6. The van der Waals surface area contributed by atoms with Crippen LogP contribution in [0.2, 0.25) is 5.02 Å². The summed E-state index contributed by atoms with van der Waals surface area (Å²) in [5.41, 5.74) is 6.80. The number of hydrogen-bond acceptors (Lipinski definition) is 18. The molecule has 0 fully saturated rings. The van der Waals surface area contributed by atoms with Gasteiger partial charge in [0.2, 0.25) is 17.7 Å². The highest BCUT2D eigenvalue weighted by Crippen LogP contribution is 2.37. The summed E-state index contributed by atoms with van der Waals surface area (Å²) in [5, 5.41) is 31.7. The minimum Gasteiger partial charge on any atom is -0.490 e. The van der Waals surface area contributed by atoms with Crippen molar-refractivity contribution in [2.75, 3.05) is 32.0 Å². The fourth-order valence-electron chi connectivity index (χ4n) is 6.63. The van der Waals surface area contributed by atoms with Crippen LogP contribution >= 0.6 is 23.4 Å². The van der Waals surface area contributed by atoms with Crippen LogP contribution in [-0.2, 0) is 43.9 Å². The molecule has 0 aliphatic heterocycles. The summed E-state index contributed by atoms with van der Waals surface area (Å²) in [6, 6.07) is 15.2. The van der Waals surface area contributed by atoms with Gasteiger partial charge in [-0.1, -0.05) is 63.2 Å². The summed E-state index contributed by atoms with van der Waals surface area (Å²) in [6.45, 7) is 15.8. The first kappa shape index (κ1) is 60.0. The van der Waals surface area contributed by atoms with Crippen molar-refractivity contribution in [2.45, 2.75) is 122 Å². The Labute approximate surface area is 445 Å². The summed E-state index contributed by atoms with van der Waals surface area (Å²) in [5.74, 6) is -3.06. The molecule has 2 aromatic heterocycles. The fraction of sp³-hybridized carbons (Fsp3) is 0.462. The topological polar surface area (TPSA) is 309 Å². The SMILES string of the molecule is CC(C)[C@H](NC(=O)CCNC(=O)OC(C)(C)C)C(=O)OC[C@H](COc1ccc(-c2c(C#N)c(N)nc(SCc3coc(-c4ccc(Cl)cc4)n3)c2C#N)cc1)OC(=O)[C@@H](NC(=O)CCNC(=O)OC(C)(C)C)C(C)C. The van der Waals surface area contributed by atoms with E-state index in [1.54, 1.807) is 118 Å². The average molecular weight is 1070 g/mol. The van der Waals surface area contributed by atoms with Crippen LogP contribution in [0, 0.1) is 34.5 Å². The van der Waals surface area contributed by atoms with Gasteiger partial charge in [0.25, 0.3) is 0 Å². The summed E-state index contributed by atoms with van der Waals surface area (Å²) in [6.07, 6.45) is -1.59. The first-order valence-corrected chi connectivity index (χ1v) is 25.2. The van der Waals surface area contributed by atoms with Crippen LogP contribution in [0.15, 0.2) is 64.2 Å². The zero-order chi connectivity index (χ0) is 55.6. The molecule has 0 unspecified atom stereocenters. The molecule has 0 aliphatic carbocycles. The Balaban J connectivity index is 1.52. The summed E-state index contributed by atoms with van der Waals surface area (Å²) in [7, 11) is 0. The second kappa shape index (κ2) is 27.7. The molecule has 0 radical (unpaired) electrons. The number of ether oxygens (including phenoxy) is 5. The van der Waals surface area contributed by atoms with Gasteiger partial charge in [-0.15, -0.1) is 0 Å². The standard InChI is InChI=1S/C52H64ClN9O12S/c1-29(2)42(60-39(63)19-21-57-49(67)73-51(5,6)7)47(65)71-27-36(72-48(66)43(30(3)4)61-40(64)20-22-58-50(68)74-52(8,9)10)26-69-35-17-13-31(14-18-35)41-37(23-54)44(56)62-46(38(41)24-55)75-28-34-25-70-45(59-34)32-11-15-33(53)16-12-32/h11-18,25,29-30,36,42-43H,19-22,26-28H2,1-10H3,(H2,56,62)(H,57,67)(H,58,68)(H,60,63)(H,61,64)/t36-,42-,43-/m0/s1. The molecule has 0 spiro atoms. The van der Waals surface area contributed by atoms with Crippen LogP contribution in [0.4, 0.5) is 15.4 Å². The number of nitrogens with one attached hydrogen (secondary N) is 4. The largest absolute Gasteiger partial charge is 0.490 e. The third-order valence-corrected chi connectivity index (χ3v) is 11.5. The van der Waals surface area contributed by atoms with Crippen LogP contribution in [0.5, 0.6) is 5.75 Å². The number of alkyl carbamates (subject to hydrolysis) is 2. The van der Waals surface area contributed by atoms with E-state index in [0.717, 1.165) is 5.56 Å². The molecule has 0 aliphatic rings. The zero-order valence-electron chi connectivity index (χ0n) is 43.6. The molecule has 23 heteroatoms. The van der Waals surface area contributed by atoms with Gasteiger partial charge in [-0.05, 0) is 95.3 Å². The molecular formula is C52H64ClN9O12S. The molecule has 75 heavy (non-hydrogen) atoms. The van der Waals surface area contributed by atoms with Crippen LogP contribution in [0.25, 0.3) is 22.6 Å². The highest BCUT2D eigenvalue weighted by Gasteiger charge is 2.32. The van der Waals surface area contributed by atoms with E-state index < -0.39 is 83.8 Å². The third-order valence-electron chi connectivity index (χ3n) is 10.2. The van der Waals surface area contributed by atoms with Gasteiger partial charge in [-0.25, -0.2) is 29.1 Å². The Hall–Kier alpha value is -7.56. The molecule has 0 saturated heterocycles. The molecule has 4 rings (SSSR count). The normalized spacial score (nSPS) is 12.5. The van der Waals surface area contributed by atoms with E-state index >= 15 is 0 Å². The number of esters is 2. The van der Waals surface area contributed by atoms with Gasteiger partial charge in [-0.3, -0.25) is 9.59 Å². The summed E-state index contributed by atoms with van der Waals surface area (Å²) in [4.78, 5) is 86.3. The molecule has 0 bridgehead atoms. The lowest BCUT2D eigenvalue weighted by molar-refractivity contribution is -0.165. The number of nitrogens with two attached hydrogens (primary N) is 1. The van der Waals surface area contributed by atoms with Crippen molar-refractivity contribution in [3.63, 3.8) is 0 Å². The zero-order valence-corrected chi connectivity index (χ0v) is 45.2. The van der Waals surface area contributed by atoms with Gasteiger partial charge in [0.1, 0.15) is 77.1 Å². The fourth-order valence-corrected chi connectivity index (χ4v) is 7.63. The van der Waals surface area contributed by atoms with E-state index in [9.17, 15) is 39.3 Å². The van der Waals surface area contributed by atoms with Crippen molar-refractivity contribution in [2.24, 2.45) is 11.8 Å². The molecular weight excluding hydrogens is 1010 g/mol. The van der Waals surface area contributed by atoms with Gasteiger partial charge in [0, 0.05) is 47.8 Å². The monoisotopic (exact) mass is 1070 g/mol. The van der Waals surface area contributed by atoms with Crippen molar-refractivity contribution in [1.82, 2.24) is 31.2 Å². The van der Waals surface area contributed by atoms with Crippen molar-refractivity contribution in [3.8, 4) is 40.5 Å². The number of oxazole rings is 1. The van der Waals surface area contributed by atoms with Crippen LogP contribution < -0.4 is 31.7 Å². The maximum absolute atomic E-state index is 13.8. The Morgan fingerprint density at radius 1 is 0.733 bits per heavy atom. The minimum absolute atomic E-state index is 0.0238. The number of halogens is 1. The maximum Gasteiger partial charge on any atom is 0.407 e. The van der Waals surface area contributed by atoms with Crippen LogP contribution in [0.3, 0.4) is 0 Å². The number of carbonyl (C=O) groups is 6. The Bertz CT molecular complexity index is 2720. The maximum atomic E-state index is 13.8. The Morgan fingerprint density at radius 2 is 1.25 bits per heavy atom. The number of rotatable bonds is 23. The number of nitrogens with zero attached hydrogens (tertiary/aromatic N) is 4. The number of benzene rings is 2. The number of carbonyl (C=O) groups excluding carboxylic acids is 6. The average Bonchev–Trinajstić information content (AvgIpc) is 3.80. The minimum atomic E-state index is -1.28. The lowest BCUT2D eigenvalue weighted by atomic mass is 9.97. The number of nitrogen functional groups attached to an aromatic ring is 1. The Morgan fingerprint density at radius 3 is 1.76 bits per heavy atom. The molecule has 2 heterocycles. The number of amides is 4. The van der Waals surface area contributed by atoms with Gasteiger partial charge < -0.3 is 55.1 Å². The Kier molecular flexibility index (Phi) is 22.1. The lowest BCUT2D eigenvalue weighted by Gasteiger charge is -2.26. The second-order valence-electron chi connectivity index (χ2n) is 19.6. The highest BCUT2D eigenvalue weighted by atomic mass is 35.5. The third kappa shape index (κ3) is 19.7. The molecule has 4 amide bonds. The lowest BCUT2D eigenvalue weighted by Crippen LogP contribution is -2.49. The van der Waals surface area contributed by atoms with E-state index in [1.165, 1.54) is 18.0 Å². The molecule has 21 nitrogen and oxygen atoms in total. The van der Waals surface area contributed by atoms with E-state index in [-0.39, 0.29) is 71.6 Å². The van der Waals surface area contributed by atoms with E-state index in [1.807, 2.05) is 0 Å². The molecule has 2 aromatic carbocycles.